The number of esters is 1. The lowest BCUT2D eigenvalue weighted by Crippen LogP contribution is -2.42. The predicted octanol–water partition coefficient (Wildman–Crippen LogP) is 4.96. The summed E-state index contributed by atoms with van der Waals surface area (Å²) in [5.41, 5.74) is 0.186. The fourth-order valence-corrected chi connectivity index (χ4v) is 9.66. The van der Waals surface area contributed by atoms with Crippen molar-refractivity contribution in [3.8, 4) is 0 Å². The van der Waals surface area contributed by atoms with Gasteiger partial charge in [-0.25, -0.2) is 4.98 Å². The summed E-state index contributed by atoms with van der Waals surface area (Å²) >= 11 is 1.78. The van der Waals surface area contributed by atoms with E-state index in [2.05, 4.69) is 10.2 Å². The van der Waals surface area contributed by atoms with Gasteiger partial charge >= 0.3 is 5.97 Å². The largest absolute Gasteiger partial charge is 0.469 e. The number of amides is 1. The molecule has 2 N–H and O–H groups in total. The van der Waals surface area contributed by atoms with Gasteiger partial charge in [-0.3, -0.25) is 9.59 Å². The first-order valence-electron chi connectivity index (χ1n) is 14.9. The third-order valence-corrected chi connectivity index (χ3v) is 11.4. The maximum absolute atomic E-state index is 13.8. The maximum Gasteiger partial charge on any atom is 0.305 e. The number of anilines is 1. The van der Waals surface area contributed by atoms with Crippen molar-refractivity contribution in [2.75, 3.05) is 25.1 Å². The number of nitrogens with zero attached hydrogens (tertiary/aromatic N) is 2. The Bertz CT molecular complexity index is 1050. The maximum atomic E-state index is 13.8. The van der Waals surface area contributed by atoms with Gasteiger partial charge in [0.2, 0.25) is 0 Å². The van der Waals surface area contributed by atoms with Crippen molar-refractivity contribution in [2.24, 2.45) is 23.7 Å². The number of nitrogens with one attached hydrogen (secondary N) is 1. The van der Waals surface area contributed by atoms with E-state index in [0.29, 0.717) is 35.0 Å². The number of hydrogen-bond donors (Lipinski definition) is 2. The number of fused-ring (bicyclic) bond motifs is 2. The molecule has 5 aliphatic rings. The van der Waals surface area contributed by atoms with Gasteiger partial charge in [-0.15, -0.1) is 11.8 Å². The predicted molar refractivity (Wildman–Crippen MR) is 148 cm³/mol. The standard InChI is InChI=1S/C30H43N3O4S/c1-37-27(34)14-20-5-4-12-33(18-20)26-11-9-23(29(32-26)38-22-6-2-3-7-22)28(35)31-25-10-8-19-13-21-16-30(36,15-19)17-24(21)25/h9,11,19-22,24-25,36H,2-8,10,12-18H2,1H3,(H,31,35)/t19?,20-,21?,24?,25-,30-/m0/s1. The summed E-state index contributed by atoms with van der Waals surface area (Å²) < 4.78 is 4.90. The van der Waals surface area contributed by atoms with Crippen LogP contribution in [0.2, 0.25) is 0 Å². The van der Waals surface area contributed by atoms with Crippen LogP contribution in [0.5, 0.6) is 0 Å². The van der Waals surface area contributed by atoms with E-state index in [1.165, 1.54) is 39.2 Å². The molecule has 3 unspecified atom stereocenters. The van der Waals surface area contributed by atoms with Gasteiger partial charge in [-0.1, -0.05) is 12.8 Å². The Morgan fingerprint density at radius 1 is 1.13 bits per heavy atom. The molecule has 6 rings (SSSR count). The summed E-state index contributed by atoms with van der Waals surface area (Å²) in [4.78, 5) is 33.0. The SMILES string of the molecule is COC(=O)C[C@@H]1CCCN(c2ccc(C(=O)N[C@H]3CCC4CC5C[C@@](O)(C4)CC53)c(SC3CCCC3)n2)C1. The molecule has 0 spiro atoms. The third-order valence-electron chi connectivity index (χ3n) is 10.1. The smallest absolute Gasteiger partial charge is 0.305 e. The molecular weight excluding hydrogens is 498 g/mol. The number of methoxy groups -OCH3 is 1. The zero-order valence-corrected chi connectivity index (χ0v) is 23.5. The van der Waals surface area contributed by atoms with E-state index in [4.69, 9.17) is 9.72 Å². The number of aliphatic hydroxyl groups is 1. The summed E-state index contributed by atoms with van der Waals surface area (Å²) in [6.45, 7) is 1.70. The molecule has 4 saturated carbocycles. The molecular formula is C30H43N3O4S. The molecule has 0 aromatic carbocycles. The molecule has 3 bridgehead atoms. The molecule has 4 aliphatic carbocycles. The molecule has 2 heterocycles. The molecule has 5 fully saturated rings. The van der Waals surface area contributed by atoms with Crippen LogP contribution in [0.1, 0.15) is 93.8 Å². The van der Waals surface area contributed by atoms with Gasteiger partial charge < -0.3 is 20.1 Å². The van der Waals surface area contributed by atoms with E-state index >= 15 is 0 Å². The first-order chi connectivity index (χ1) is 18.4. The van der Waals surface area contributed by atoms with Crippen LogP contribution in [-0.4, -0.2) is 59.1 Å². The summed E-state index contributed by atoms with van der Waals surface area (Å²) in [6.07, 6.45) is 13.3. The van der Waals surface area contributed by atoms with Crippen LogP contribution < -0.4 is 10.2 Å². The van der Waals surface area contributed by atoms with E-state index in [1.807, 2.05) is 12.1 Å². The fourth-order valence-electron chi connectivity index (χ4n) is 8.34. The Kier molecular flexibility index (Phi) is 7.64. The molecule has 1 aromatic heterocycles. The van der Waals surface area contributed by atoms with Crippen molar-refractivity contribution in [1.29, 1.82) is 0 Å². The van der Waals surface area contributed by atoms with Gasteiger partial charge in [0.25, 0.3) is 5.91 Å². The summed E-state index contributed by atoms with van der Waals surface area (Å²) in [7, 11) is 1.45. The number of carbonyl (C=O) groups excluding carboxylic acids is 2. The number of aromatic nitrogens is 1. The zero-order valence-electron chi connectivity index (χ0n) is 22.7. The highest BCUT2D eigenvalue weighted by atomic mass is 32.2. The lowest BCUT2D eigenvalue weighted by atomic mass is 9.77. The van der Waals surface area contributed by atoms with Gasteiger partial charge in [0.05, 0.1) is 18.3 Å². The van der Waals surface area contributed by atoms with Crippen molar-refractivity contribution in [1.82, 2.24) is 10.3 Å². The molecule has 1 amide bonds. The Morgan fingerprint density at radius 2 is 1.97 bits per heavy atom. The van der Waals surface area contributed by atoms with Crippen LogP contribution in [0.4, 0.5) is 5.82 Å². The number of ether oxygens (including phenoxy) is 1. The van der Waals surface area contributed by atoms with Crippen LogP contribution >= 0.6 is 11.8 Å². The molecule has 1 aromatic rings. The number of thioether (sulfide) groups is 1. The molecule has 0 radical (unpaired) electrons. The van der Waals surface area contributed by atoms with Gasteiger partial charge in [-0.05, 0) is 100 Å². The van der Waals surface area contributed by atoms with Crippen LogP contribution in [0.3, 0.4) is 0 Å². The molecule has 7 nitrogen and oxygen atoms in total. The molecule has 208 valence electrons. The number of hydrogen-bond acceptors (Lipinski definition) is 7. The van der Waals surface area contributed by atoms with E-state index in [9.17, 15) is 14.7 Å². The lowest BCUT2D eigenvalue weighted by molar-refractivity contribution is -0.141. The summed E-state index contributed by atoms with van der Waals surface area (Å²) in [5, 5.41) is 15.9. The second-order valence-electron chi connectivity index (χ2n) is 12.8. The molecule has 6 atom stereocenters. The minimum Gasteiger partial charge on any atom is -0.469 e. The number of rotatable bonds is 7. The van der Waals surface area contributed by atoms with Crippen LogP contribution in [0, 0.1) is 23.7 Å². The second-order valence-corrected chi connectivity index (χ2v) is 14.1. The average Bonchev–Trinajstić information content (AvgIpc) is 3.47. The second kappa shape index (κ2) is 11.0. The average molecular weight is 542 g/mol. The minimum absolute atomic E-state index is 0.00929. The fraction of sp³-hybridized carbons (Fsp3) is 0.767. The highest BCUT2D eigenvalue weighted by Crippen LogP contribution is 2.55. The Balaban J connectivity index is 1.20. The molecule has 1 aliphatic heterocycles. The monoisotopic (exact) mass is 541 g/mol. The topological polar surface area (TPSA) is 91.8 Å². The Labute approximate surface area is 230 Å². The van der Waals surface area contributed by atoms with E-state index in [0.717, 1.165) is 68.9 Å². The van der Waals surface area contributed by atoms with Crippen LogP contribution in [-0.2, 0) is 9.53 Å². The van der Waals surface area contributed by atoms with Crippen molar-refractivity contribution in [3.63, 3.8) is 0 Å². The third kappa shape index (κ3) is 5.58. The number of pyridine rings is 1. The number of piperidine rings is 1. The lowest BCUT2D eigenvalue weighted by Gasteiger charge is -2.34. The Hall–Kier alpha value is -1.80. The zero-order chi connectivity index (χ0) is 26.3. The Morgan fingerprint density at radius 3 is 2.79 bits per heavy atom. The summed E-state index contributed by atoms with van der Waals surface area (Å²) in [6, 6.07) is 4.11. The molecule has 38 heavy (non-hydrogen) atoms. The number of carbonyl (C=O) groups is 2. The van der Waals surface area contributed by atoms with Crippen molar-refractivity contribution in [3.05, 3.63) is 17.7 Å². The molecule has 1 saturated heterocycles. The van der Waals surface area contributed by atoms with Crippen molar-refractivity contribution in [2.45, 2.75) is 105 Å². The van der Waals surface area contributed by atoms with Gasteiger partial charge in [-0.2, -0.15) is 0 Å². The van der Waals surface area contributed by atoms with E-state index in [1.54, 1.807) is 11.8 Å². The van der Waals surface area contributed by atoms with Gasteiger partial charge in [0, 0.05) is 30.8 Å². The van der Waals surface area contributed by atoms with Gasteiger partial charge in [0.15, 0.2) is 0 Å². The highest BCUT2D eigenvalue weighted by Gasteiger charge is 2.53. The summed E-state index contributed by atoms with van der Waals surface area (Å²) in [5.74, 6) is 2.54. The quantitative estimate of drug-likeness (QED) is 0.472. The first kappa shape index (κ1) is 26.4. The van der Waals surface area contributed by atoms with E-state index < -0.39 is 5.60 Å². The minimum atomic E-state index is -0.505. The first-order valence-corrected chi connectivity index (χ1v) is 15.8. The van der Waals surface area contributed by atoms with Crippen LogP contribution in [0.15, 0.2) is 17.2 Å². The van der Waals surface area contributed by atoms with Gasteiger partial charge in [0.1, 0.15) is 10.8 Å². The van der Waals surface area contributed by atoms with Crippen LogP contribution in [0.25, 0.3) is 0 Å². The highest BCUT2D eigenvalue weighted by molar-refractivity contribution is 7.99. The van der Waals surface area contributed by atoms with Crippen molar-refractivity contribution < 1.29 is 19.4 Å². The normalized spacial score (nSPS) is 34.8. The van der Waals surface area contributed by atoms with E-state index in [-0.39, 0.29) is 23.8 Å². The van der Waals surface area contributed by atoms with Crippen molar-refractivity contribution >= 4 is 29.5 Å². The molecule has 8 heteroatoms.